The Hall–Kier alpha value is -2.71. The lowest BCUT2D eigenvalue weighted by Crippen LogP contribution is -2.42. The second kappa shape index (κ2) is 9.34. The van der Waals surface area contributed by atoms with Crippen molar-refractivity contribution in [2.45, 2.75) is 13.5 Å². The number of ether oxygens (including phenoxy) is 1. The van der Waals surface area contributed by atoms with Crippen molar-refractivity contribution in [1.82, 2.24) is 16.0 Å². The first-order valence-electron chi connectivity index (χ1n) is 6.79. The van der Waals surface area contributed by atoms with E-state index in [1.54, 1.807) is 6.92 Å². The van der Waals surface area contributed by atoms with E-state index < -0.39 is 25.0 Å². The van der Waals surface area contributed by atoms with E-state index in [0.29, 0.717) is 6.54 Å². The van der Waals surface area contributed by atoms with Crippen LogP contribution in [0.4, 0.5) is 8.78 Å². The first kappa shape index (κ1) is 18.3. The topological polar surface area (TPSA) is 96.5 Å². The maximum atomic E-state index is 12.3. The normalized spacial score (nSPS) is 10.1. The molecule has 0 unspecified atom stereocenters. The van der Waals surface area contributed by atoms with E-state index in [2.05, 4.69) is 20.7 Å². The molecule has 3 amide bonds. The first-order valence-corrected chi connectivity index (χ1v) is 6.79. The molecule has 0 atom stereocenters. The van der Waals surface area contributed by atoms with Gasteiger partial charge in [0.1, 0.15) is 5.75 Å². The van der Waals surface area contributed by atoms with E-state index in [1.165, 1.54) is 24.3 Å². The molecule has 0 aliphatic carbocycles. The summed E-state index contributed by atoms with van der Waals surface area (Å²) in [6, 6.07) is 5.42. The van der Waals surface area contributed by atoms with Crippen LogP contribution >= 0.6 is 0 Å². The molecule has 0 saturated carbocycles. The molecule has 0 aliphatic heterocycles. The SMILES string of the molecule is CCNC(=O)CNC(=O)CNC(=O)c1ccccc1OC(F)F. The quantitative estimate of drug-likeness (QED) is 0.638. The Morgan fingerprint density at radius 2 is 1.65 bits per heavy atom. The molecule has 0 bridgehead atoms. The molecule has 0 spiro atoms. The number of halogens is 2. The third kappa shape index (κ3) is 6.72. The third-order valence-electron chi connectivity index (χ3n) is 2.58. The average molecular weight is 329 g/mol. The van der Waals surface area contributed by atoms with Crippen molar-refractivity contribution in [3.8, 4) is 5.75 Å². The molecule has 126 valence electrons. The summed E-state index contributed by atoms with van der Waals surface area (Å²) in [5.74, 6) is -1.98. The van der Waals surface area contributed by atoms with Gasteiger partial charge in [-0.15, -0.1) is 0 Å². The lowest BCUT2D eigenvalue weighted by atomic mass is 10.2. The van der Waals surface area contributed by atoms with Gasteiger partial charge in [0.25, 0.3) is 5.91 Å². The number of carbonyl (C=O) groups is 3. The van der Waals surface area contributed by atoms with Crippen LogP contribution < -0.4 is 20.7 Å². The Labute approximate surface area is 131 Å². The zero-order valence-corrected chi connectivity index (χ0v) is 12.4. The van der Waals surface area contributed by atoms with E-state index in [-0.39, 0.29) is 23.8 Å². The lowest BCUT2D eigenvalue weighted by Gasteiger charge is -2.11. The molecule has 1 aromatic carbocycles. The molecule has 0 aromatic heterocycles. The zero-order chi connectivity index (χ0) is 17.2. The Morgan fingerprint density at radius 1 is 1.04 bits per heavy atom. The van der Waals surface area contributed by atoms with Crippen molar-refractivity contribution in [2.24, 2.45) is 0 Å². The molecule has 0 saturated heterocycles. The third-order valence-corrected chi connectivity index (χ3v) is 2.58. The summed E-state index contributed by atoms with van der Waals surface area (Å²) in [6.45, 7) is -1.51. The molecule has 0 radical (unpaired) electrons. The molecule has 0 aliphatic rings. The number of para-hydroxylation sites is 1. The standard InChI is InChI=1S/C14H17F2N3O4/c1-2-17-11(20)7-18-12(21)8-19-13(22)9-5-3-4-6-10(9)23-14(15)16/h3-6,14H,2,7-8H2,1H3,(H,17,20)(H,18,21)(H,19,22). The lowest BCUT2D eigenvalue weighted by molar-refractivity contribution is -0.125. The van der Waals surface area contributed by atoms with Crippen LogP contribution in [0.25, 0.3) is 0 Å². The van der Waals surface area contributed by atoms with Crippen LogP contribution in [-0.4, -0.2) is 44.0 Å². The van der Waals surface area contributed by atoms with Crippen molar-refractivity contribution in [1.29, 1.82) is 0 Å². The van der Waals surface area contributed by atoms with Gasteiger partial charge < -0.3 is 20.7 Å². The Kier molecular flexibility index (Phi) is 7.44. The van der Waals surface area contributed by atoms with Crippen LogP contribution in [0.3, 0.4) is 0 Å². The van der Waals surface area contributed by atoms with Gasteiger partial charge in [0.2, 0.25) is 11.8 Å². The van der Waals surface area contributed by atoms with Crippen molar-refractivity contribution < 1.29 is 27.9 Å². The predicted octanol–water partition coefficient (Wildman–Crippen LogP) is 0.270. The highest BCUT2D eigenvalue weighted by Gasteiger charge is 2.16. The minimum atomic E-state index is -3.07. The van der Waals surface area contributed by atoms with Crippen molar-refractivity contribution in [2.75, 3.05) is 19.6 Å². The first-order chi connectivity index (χ1) is 10.9. The number of alkyl halides is 2. The van der Waals surface area contributed by atoms with Gasteiger partial charge in [0.15, 0.2) is 0 Å². The number of likely N-dealkylation sites (N-methyl/N-ethyl adjacent to an activating group) is 1. The van der Waals surface area contributed by atoms with Crippen LogP contribution in [0, 0.1) is 0 Å². The van der Waals surface area contributed by atoms with Crippen LogP contribution in [0.2, 0.25) is 0 Å². The van der Waals surface area contributed by atoms with Crippen molar-refractivity contribution in [3.63, 3.8) is 0 Å². The van der Waals surface area contributed by atoms with E-state index in [0.717, 1.165) is 0 Å². The summed E-state index contributed by atoms with van der Waals surface area (Å²) >= 11 is 0. The Balaban J connectivity index is 2.51. The summed E-state index contributed by atoms with van der Waals surface area (Å²) in [4.78, 5) is 34.5. The number of hydrogen-bond donors (Lipinski definition) is 3. The minimum Gasteiger partial charge on any atom is -0.434 e. The molecular formula is C14H17F2N3O4. The summed E-state index contributed by atoms with van der Waals surface area (Å²) in [5.41, 5.74) is -0.121. The largest absolute Gasteiger partial charge is 0.434 e. The molecule has 3 N–H and O–H groups in total. The zero-order valence-electron chi connectivity index (χ0n) is 12.4. The van der Waals surface area contributed by atoms with Gasteiger partial charge in [-0.3, -0.25) is 14.4 Å². The highest BCUT2D eigenvalue weighted by Crippen LogP contribution is 2.19. The predicted molar refractivity (Wildman–Crippen MR) is 77.1 cm³/mol. The van der Waals surface area contributed by atoms with Gasteiger partial charge in [-0.1, -0.05) is 12.1 Å². The van der Waals surface area contributed by atoms with Crippen LogP contribution in [0.15, 0.2) is 24.3 Å². The second-order valence-electron chi connectivity index (χ2n) is 4.29. The maximum Gasteiger partial charge on any atom is 0.387 e. The fourth-order valence-electron chi connectivity index (χ4n) is 1.61. The summed E-state index contributed by atoms with van der Waals surface area (Å²) < 4.78 is 28.8. The Morgan fingerprint density at radius 3 is 2.30 bits per heavy atom. The number of benzene rings is 1. The van der Waals surface area contributed by atoms with Gasteiger partial charge in [0.05, 0.1) is 18.7 Å². The fraction of sp³-hybridized carbons (Fsp3) is 0.357. The number of nitrogens with one attached hydrogen (secondary N) is 3. The summed E-state index contributed by atoms with van der Waals surface area (Å²) in [5, 5.41) is 7.05. The molecule has 1 aromatic rings. The van der Waals surface area contributed by atoms with Gasteiger partial charge >= 0.3 is 6.61 Å². The van der Waals surface area contributed by atoms with Crippen molar-refractivity contribution in [3.05, 3.63) is 29.8 Å². The molecular weight excluding hydrogens is 312 g/mol. The number of carbonyl (C=O) groups excluding carboxylic acids is 3. The van der Waals surface area contributed by atoms with Crippen LogP contribution in [0.1, 0.15) is 17.3 Å². The van der Waals surface area contributed by atoms with E-state index >= 15 is 0 Å². The van der Waals surface area contributed by atoms with E-state index in [1.807, 2.05) is 0 Å². The molecule has 0 fully saturated rings. The smallest absolute Gasteiger partial charge is 0.387 e. The molecule has 1 rings (SSSR count). The van der Waals surface area contributed by atoms with E-state index in [9.17, 15) is 23.2 Å². The second-order valence-corrected chi connectivity index (χ2v) is 4.29. The monoisotopic (exact) mass is 329 g/mol. The van der Waals surface area contributed by atoms with E-state index in [4.69, 9.17) is 0 Å². The van der Waals surface area contributed by atoms with Crippen LogP contribution in [-0.2, 0) is 9.59 Å². The van der Waals surface area contributed by atoms with Gasteiger partial charge in [0, 0.05) is 6.54 Å². The van der Waals surface area contributed by atoms with Gasteiger partial charge in [-0.2, -0.15) is 8.78 Å². The Bertz CT molecular complexity index is 567. The summed E-state index contributed by atoms with van der Waals surface area (Å²) in [7, 11) is 0. The van der Waals surface area contributed by atoms with Gasteiger partial charge in [-0.25, -0.2) is 0 Å². The van der Waals surface area contributed by atoms with Gasteiger partial charge in [-0.05, 0) is 19.1 Å². The number of rotatable bonds is 8. The average Bonchev–Trinajstić information content (AvgIpc) is 2.51. The highest BCUT2D eigenvalue weighted by molar-refractivity contribution is 5.99. The highest BCUT2D eigenvalue weighted by atomic mass is 19.3. The van der Waals surface area contributed by atoms with Crippen molar-refractivity contribution >= 4 is 17.7 Å². The summed E-state index contributed by atoms with van der Waals surface area (Å²) in [6.07, 6.45) is 0. The van der Waals surface area contributed by atoms with Crippen LogP contribution in [0.5, 0.6) is 5.75 Å². The molecule has 7 nitrogen and oxygen atoms in total. The fourth-order valence-corrected chi connectivity index (χ4v) is 1.61. The molecule has 9 heteroatoms. The molecule has 23 heavy (non-hydrogen) atoms. The number of amides is 3. The minimum absolute atomic E-state index is 0.121. The maximum absolute atomic E-state index is 12.3. The molecule has 0 heterocycles. The number of hydrogen-bond acceptors (Lipinski definition) is 4.